The third kappa shape index (κ3) is 12.5. The summed E-state index contributed by atoms with van der Waals surface area (Å²) in [5.41, 5.74) is 5.68. The molecule has 12 heteroatoms. The molecule has 0 bridgehead atoms. The first-order chi connectivity index (χ1) is 25.6. The topological polar surface area (TPSA) is 143 Å². The van der Waals surface area contributed by atoms with E-state index in [1.165, 1.54) is 16.7 Å². The molecule has 0 aromatic heterocycles. The normalized spacial score (nSPS) is 16.1. The third-order valence-electron chi connectivity index (χ3n) is 8.86. The number of benzene rings is 2. The number of anilines is 1. The van der Waals surface area contributed by atoms with Gasteiger partial charge in [0.2, 0.25) is 11.8 Å². The first kappa shape index (κ1) is 41.2. The van der Waals surface area contributed by atoms with Crippen LogP contribution in [0.2, 0.25) is 0 Å². The average Bonchev–Trinajstić information content (AvgIpc) is 3.38. The van der Waals surface area contributed by atoms with Crippen molar-refractivity contribution in [3.05, 3.63) is 94.1 Å². The quantitative estimate of drug-likeness (QED) is 0.0567. The second kappa shape index (κ2) is 21.2. The Hall–Kier alpha value is -4.52. The molecular formula is C41H52N4O7S. The molecule has 1 fully saturated rings. The molecule has 1 atom stereocenters. The number of hydrogen-bond donors (Lipinski definition) is 3. The van der Waals surface area contributed by atoms with Gasteiger partial charge in [0.25, 0.3) is 17.7 Å². The first-order valence-corrected chi connectivity index (χ1v) is 19.2. The van der Waals surface area contributed by atoms with Gasteiger partial charge >= 0.3 is 0 Å². The maximum Gasteiger partial charge on any atom is 0.264 e. The first-order valence-electron chi connectivity index (χ1n) is 18.3. The molecule has 2 heterocycles. The summed E-state index contributed by atoms with van der Waals surface area (Å²) in [4.78, 5) is 64.9. The molecule has 284 valence electrons. The number of hydrogen-bond acceptors (Lipinski definition) is 9. The molecule has 53 heavy (non-hydrogen) atoms. The van der Waals surface area contributed by atoms with Crippen molar-refractivity contribution in [3.63, 3.8) is 0 Å². The summed E-state index contributed by atoms with van der Waals surface area (Å²) in [5.74, 6) is -1.52. The van der Waals surface area contributed by atoms with E-state index >= 15 is 0 Å². The van der Waals surface area contributed by atoms with Gasteiger partial charge in [-0.15, -0.1) is 11.8 Å². The van der Waals surface area contributed by atoms with Crippen LogP contribution in [0, 0.1) is 0 Å². The molecule has 11 nitrogen and oxygen atoms in total. The molecule has 3 N–H and O–H groups in total. The summed E-state index contributed by atoms with van der Waals surface area (Å²) in [6.45, 7) is 10.7. The van der Waals surface area contributed by atoms with Crippen LogP contribution in [0.3, 0.4) is 0 Å². The van der Waals surface area contributed by atoms with Crippen molar-refractivity contribution in [2.75, 3.05) is 50.6 Å². The SMILES string of the molecule is CC(C)=CCCC(C)=CCCC(C)=CCSc1ccccc1C(=O)NCCOCCOCCNc1cccc2c1C(=O)N(C1CCC(=O)NC1=O)C2=O. The lowest BCUT2D eigenvalue weighted by Crippen LogP contribution is -2.54. The Morgan fingerprint density at radius 3 is 2.28 bits per heavy atom. The number of nitrogens with zero attached hydrogens (tertiary/aromatic N) is 1. The fourth-order valence-electron chi connectivity index (χ4n) is 5.97. The molecule has 0 saturated carbocycles. The van der Waals surface area contributed by atoms with Crippen LogP contribution >= 0.6 is 11.8 Å². The van der Waals surface area contributed by atoms with E-state index in [0.29, 0.717) is 50.8 Å². The van der Waals surface area contributed by atoms with E-state index in [9.17, 15) is 24.0 Å². The van der Waals surface area contributed by atoms with Crippen LogP contribution in [-0.2, 0) is 19.1 Å². The monoisotopic (exact) mass is 744 g/mol. The van der Waals surface area contributed by atoms with E-state index in [2.05, 4.69) is 61.9 Å². The predicted molar refractivity (Wildman–Crippen MR) is 208 cm³/mol. The molecular weight excluding hydrogens is 693 g/mol. The molecule has 1 saturated heterocycles. The highest BCUT2D eigenvalue weighted by Gasteiger charge is 2.45. The lowest BCUT2D eigenvalue weighted by atomic mass is 10.0. The molecule has 4 rings (SSSR count). The number of piperidine rings is 1. The lowest BCUT2D eigenvalue weighted by Gasteiger charge is -2.27. The van der Waals surface area contributed by atoms with Gasteiger partial charge in [-0.3, -0.25) is 34.2 Å². The van der Waals surface area contributed by atoms with Gasteiger partial charge in [-0.2, -0.15) is 0 Å². The van der Waals surface area contributed by atoms with Crippen molar-refractivity contribution in [2.45, 2.75) is 77.2 Å². The molecule has 2 aliphatic heterocycles. The number of ether oxygens (including phenoxy) is 2. The van der Waals surface area contributed by atoms with Crippen molar-refractivity contribution >= 4 is 47.0 Å². The number of carbonyl (C=O) groups excluding carboxylic acids is 5. The van der Waals surface area contributed by atoms with Gasteiger partial charge in [0.15, 0.2) is 0 Å². The Morgan fingerprint density at radius 2 is 1.55 bits per heavy atom. The predicted octanol–water partition coefficient (Wildman–Crippen LogP) is 6.47. The van der Waals surface area contributed by atoms with E-state index in [1.54, 1.807) is 30.0 Å². The Balaban J connectivity index is 1.09. The fraction of sp³-hybridized carbons (Fsp3) is 0.439. The Kier molecular flexibility index (Phi) is 16.5. The number of imide groups is 2. The van der Waals surface area contributed by atoms with Gasteiger partial charge < -0.3 is 20.1 Å². The highest BCUT2D eigenvalue weighted by atomic mass is 32.2. The van der Waals surface area contributed by atoms with Crippen LogP contribution in [0.25, 0.3) is 0 Å². The zero-order valence-corrected chi connectivity index (χ0v) is 32.1. The molecule has 5 amide bonds. The minimum absolute atomic E-state index is 0.0627. The van der Waals surface area contributed by atoms with Crippen LogP contribution < -0.4 is 16.0 Å². The summed E-state index contributed by atoms with van der Waals surface area (Å²) in [6, 6.07) is 11.5. The highest BCUT2D eigenvalue weighted by Crippen LogP contribution is 2.32. The number of amides is 5. The molecule has 1 unspecified atom stereocenters. The molecule has 2 aromatic carbocycles. The standard InChI is InChI=1S/C41H52N4O7S/c1-28(2)10-7-11-29(3)12-8-13-30(4)20-27-53-35-17-6-5-14-31(35)38(47)43-22-24-52-26-25-51-23-21-42-33-16-9-15-32-37(33)41(50)45(40(32)49)34-18-19-36(46)44-39(34)48/h5-6,9-10,12,14-17,20,34,42H,7-8,11,13,18-19,21-27H2,1-4H3,(H,43,47)(H,44,46,48). The van der Waals surface area contributed by atoms with Crippen LogP contribution in [0.5, 0.6) is 0 Å². The molecule has 0 aliphatic carbocycles. The van der Waals surface area contributed by atoms with Gasteiger partial charge in [0, 0.05) is 35.8 Å². The molecule has 2 aliphatic rings. The average molecular weight is 745 g/mol. The Bertz CT molecular complexity index is 1730. The summed E-state index contributed by atoms with van der Waals surface area (Å²) >= 11 is 1.65. The highest BCUT2D eigenvalue weighted by molar-refractivity contribution is 7.99. The summed E-state index contributed by atoms with van der Waals surface area (Å²) < 4.78 is 11.3. The summed E-state index contributed by atoms with van der Waals surface area (Å²) in [5, 5.41) is 8.28. The van der Waals surface area contributed by atoms with Gasteiger partial charge in [-0.05, 0) is 84.1 Å². The Morgan fingerprint density at radius 1 is 0.849 bits per heavy atom. The van der Waals surface area contributed by atoms with Crippen LogP contribution in [0.15, 0.2) is 82.3 Å². The van der Waals surface area contributed by atoms with Gasteiger partial charge in [0.05, 0.1) is 43.1 Å². The Labute approximate surface area is 317 Å². The van der Waals surface area contributed by atoms with Crippen molar-refractivity contribution < 1.29 is 33.4 Å². The number of nitrogens with one attached hydrogen (secondary N) is 3. The van der Waals surface area contributed by atoms with E-state index in [1.807, 2.05) is 24.3 Å². The van der Waals surface area contributed by atoms with E-state index < -0.39 is 29.7 Å². The number of fused-ring (bicyclic) bond motifs is 1. The minimum atomic E-state index is -1.02. The maximum absolute atomic E-state index is 13.2. The number of rotatable bonds is 21. The molecule has 2 aromatic rings. The van der Waals surface area contributed by atoms with Crippen LogP contribution in [-0.4, -0.2) is 85.7 Å². The van der Waals surface area contributed by atoms with Crippen molar-refractivity contribution in [1.82, 2.24) is 15.5 Å². The third-order valence-corrected chi connectivity index (χ3v) is 9.86. The molecule has 0 radical (unpaired) electrons. The zero-order chi connectivity index (χ0) is 38.2. The largest absolute Gasteiger partial charge is 0.382 e. The molecule has 0 spiro atoms. The number of allylic oxidation sites excluding steroid dienone is 5. The maximum atomic E-state index is 13.2. The summed E-state index contributed by atoms with van der Waals surface area (Å²) in [6.07, 6.45) is 11.3. The van der Waals surface area contributed by atoms with Gasteiger partial charge in [-0.1, -0.05) is 53.1 Å². The number of thioether (sulfide) groups is 1. The van der Waals surface area contributed by atoms with E-state index in [0.717, 1.165) is 41.2 Å². The smallest absolute Gasteiger partial charge is 0.264 e. The zero-order valence-electron chi connectivity index (χ0n) is 31.3. The van der Waals surface area contributed by atoms with Gasteiger partial charge in [0.1, 0.15) is 6.04 Å². The second-order valence-corrected chi connectivity index (χ2v) is 14.4. The second-order valence-electron chi connectivity index (χ2n) is 13.3. The fourth-order valence-corrected chi connectivity index (χ4v) is 7.01. The van der Waals surface area contributed by atoms with E-state index in [-0.39, 0.29) is 29.9 Å². The van der Waals surface area contributed by atoms with Gasteiger partial charge in [-0.25, -0.2) is 0 Å². The van der Waals surface area contributed by atoms with Crippen LogP contribution in [0.1, 0.15) is 97.3 Å². The van der Waals surface area contributed by atoms with Crippen LogP contribution in [0.4, 0.5) is 5.69 Å². The van der Waals surface area contributed by atoms with Crippen molar-refractivity contribution in [2.24, 2.45) is 0 Å². The number of carbonyl (C=O) groups is 5. The minimum Gasteiger partial charge on any atom is -0.382 e. The summed E-state index contributed by atoms with van der Waals surface area (Å²) in [7, 11) is 0. The lowest BCUT2D eigenvalue weighted by molar-refractivity contribution is -0.136. The van der Waals surface area contributed by atoms with Crippen molar-refractivity contribution in [3.8, 4) is 0 Å². The van der Waals surface area contributed by atoms with E-state index in [4.69, 9.17) is 9.47 Å². The van der Waals surface area contributed by atoms with Crippen molar-refractivity contribution in [1.29, 1.82) is 0 Å².